The molecule has 0 aliphatic heterocycles. The molecule has 1 aromatic carbocycles. The highest BCUT2D eigenvalue weighted by Crippen LogP contribution is 2.36. The van der Waals surface area contributed by atoms with E-state index in [0.29, 0.717) is 11.4 Å². The number of alkyl halides is 3. The van der Waals surface area contributed by atoms with Crippen molar-refractivity contribution < 1.29 is 17.9 Å². The summed E-state index contributed by atoms with van der Waals surface area (Å²) >= 11 is 0. The zero-order chi connectivity index (χ0) is 13.9. The standard InChI is InChI=1S/C13H11F3N2O/c14-13(15,16)9-4-1-2-6-12(9)19-8-11-10(17)5-3-7-18-11/h1-7H,8,17H2. The van der Waals surface area contributed by atoms with E-state index in [0.717, 1.165) is 6.07 Å². The molecule has 0 atom stereocenters. The molecule has 0 aliphatic carbocycles. The third kappa shape index (κ3) is 3.15. The molecule has 0 saturated heterocycles. The lowest BCUT2D eigenvalue weighted by Crippen LogP contribution is -2.09. The molecule has 1 aromatic heterocycles. The third-order valence-electron chi connectivity index (χ3n) is 2.48. The minimum Gasteiger partial charge on any atom is -0.487 e. The Hall–Kier alpha value is -2.24. The average molecular weight is 268 g/mol. The largest absolute Gasteiger partial charge is 0.487 e. The highest BCUT2D eigenvalue weighted by molar-refractivity contribution is 5.42. The van der Waals surface area contributed by atoms with Crippen LogP contribution in [-0.4, -0.2) is 4.98 Å². The monoisotopic (exact) mass is 268 g/mol. The number of benzene rings is 1. The molecule has 0 fully saturated rings. The lowest BCUT2D eigenvalue weighted by molar-refractivity contribution is -0.139. The molecule has 0 aliphatic rings. The molecule has 1 heterocycles. The number of rotatable bonds is 3. The van der Waals surface area contributed by atoms with Crippen molar-refractivity contribution in [3.05, 3.63) is 53.9 Å². The van der Waals surface area contributed by atoms with Gasteiger partial charge < -0.3 is 10.5 Å². The van der Waals surface area contributed by atoms with E-state index in [9.17, 15) is 13.2 Å². The zero-order valence-electron chi connectivity index (χ0n) is 9.82. The van der Waals surface area contributed by atoms with Crippen LogP contribution in [0.5, 0.6) is 5.75 Å². The molecule has 2 rings (SSSR count). The number of halogens is 3. The number of aromatic nitrogens is 1. The van der Waals surface area contributed by atoms with Crippen LogP contribution < -0.4 is 10.5 Å². The van der Waals surface area contributed by atoms with E-state index < -0.39 is 11.7 Å². The molecule has 2 N–H and O–H groups in total. The summed E-state index contributed by atoms with van der Waals surface area (Å²) in [5.74, 6) is -0.236. The molecule has 0 unspecified atom stereocenters. The molecule has 0 radical (unpaired) electrons. The van der Waals surface area contributed by atoms with Gasteiger partial charge in [0.05, 0.1) is 11.3 Å². The topological polar surface area (TPSA) is 48.1 Å². The molecular weight excluding hydrogens is 257 g/mol. The Balaban J connectivity index is 2.19. The predicted molar refractivity (Wildman–Crippen MR) is 64.4 cm³/mol. The van der Waals surface area contributed by atoms with Crippen LogP contribution in [-0.2, 0) is 12.8 Å². The molecule has 6 heteroatoms. The van der Waals surface area contributed by atoms with Gasteiger partial charge in [0, 0.05) is 6.20 Å². The maximum Gasteiger partial charge on any atom is 0.419 e. The van der Waals surface area contributed by atoms with Crippen LogP contribution in [0.3, 0.4) is 0 Å². The number of hydrogen-bond donors (Lipinski definition) is 1. The second kappa shape index (κ2) is 5.17. The molecule has 2 aromatic rings. The lowest BCUT2D eigenvalue weighted by Gasteiger charge is -2.13. The van der Waals surface area contributed by atoms with Crippen LogP contribution in [0.2, 0.25) is 0 Å². The Morgan fingerprint density at radius 3 is 2.53 bits per heavy atom. The first-order chi connectivity index (χ1) is 8.98. The highest BCUT2D eigenvalue weighted by atomic mass is 19.4. The second-order valence-electron chi connectivity index (χ2n) is 3.82. The number of hydrogen-bond acceptors (Lipinski definition) is 3. The number of pyridine rings is 1. The summed E-state index contributed by atoms with van der Waals surface area (Å²) in [6, 6.07) is 8.28. The number of ether oxygens (including phenoxy) is 1. The van der Waals surface area contributed by atoms with Crippen molar-refractivity contribution in [2.45, 2.75) is 12.8 Å². The lowest BCUT2D eigenvalue weighted by atomic mass is 10.2. The fourth-order valence-corrected chi connectivity index (χ4v) is 1.54. The average Bonchev–Trinajstić information content (AvgIpc) is 2.37. The van der Waals surface area contributed by atoms with Gasteiger partial charge in [-0.15, -0.1) is 0 Å². The first kappa shape index (κ1) is 13.2. The molecule has 0 bridgehead atoms. The van der Waals surface area contributed by atoms with Crippen molar-refractivity contribution >= 4 is 5.69 Å². The van der Waals surface area contributed by atoms with E-state index in [-0.39, 0.29) is 12.4 Å². The predicted octanol–water partition coefficient (Wildman–Crippen LogP) is 3.26. The van der Waals surface area contributed by atoms with Gasteiger partial charge in [-0.3, -0.25) is 4.98 Å². The van der Waals surface area contributed by atoms with Crippen LogP contribution in [0.1, 0.15) is 11.3 Å². The quantitative estimate of drug-likeness (QED) is 0.929. The van der Waals surface area contributed by atoms with Crippen LogP contribution in [0.4, 0.5) is 18.9 Å². The van der Waals surface area contributed by atoms with Crippen molar-refractivity contribution in [3.8, 4) is 5.75 Å². The van der Waals surface area contributed by atoms with Gasteiger partial charge in [0.1, 0.15) is 18.1 Å². The first-order valence-corrected chi connectivity index (χ1v) is 5.47. The molecular formula is C13H11F3N2O. The van der Waals surface area contributed by atoms with Gasteiger partial charge in [-0.1, -0.05) is 12.1 Å². The molecule has 0 spiro atoms. The fraction of sp³-hybridized carbons (Fsp3) is 0.154. The van der Waals surface area contributed by atoms with E-state index in [4.69, 9.17) is 10.5 Å². The molecule has 19 heavy (non-hydrogen) atoms. The van der Waals surface area contributed by atoms with Crippen LogP contribution in [0, 0.1) is 0 Å². The third-order valence-corrected chi connectivity index (χ3v) is 2.48. The van der Waals surface area contributed by atoms with E-state index in [1.165, 1.54) is 24.4 Å². The maximum absolute atomic E-state index is 12.7. The van der Waals surface area contributed by atoms with Gasteiger partial charge in [0.2, 0.25) is 0 Å². The Labute approximate surface area is 107 Å². The van der Waals surface area contributed by atoms with Crippen LogP contribution in [0.25, 0.3) is 0 Å². The number of anilines is 1. The second-order valence-corrected chi connectivity index (χ2v) is 3.82. The number of para-hydroxylation sites is 1. The zero-order valence-corrected chi connectivity index (χ0v) is 9.82. The summed E-state index contributed by atoms with van der Waals surface area (Å²) in [5.41, 5.74) is 5.61. The van der Waals surface area contributed by atoms with Crippen LogP contribution >= 0.6 is 0 Å². The molecule has 100 valence electrons. The molecule has 3 nitrogen and oxygen atoms in total. The molecule has 0 amide bonds. The summed E-state index contributed by atoms with van der Waals surface area (Å²) in [6.45, 7) is -0.111. The normalized spacial score (nSPS) is 11.3. The SMILES string of the molecule is Nc1cccnc1COc1ccccc1C(F)(F)F. The number of nitrogen functional groups attached to an aromatic ring is 1. The maximum atomic E-state index is 12.7. The Bertz CT molecular complexity index is 570. The smallest absolute Gasteiger partial charge is 0.419 e. The van der Waals surface area contributed by atoms with Crippen LogP contribution in [0.15, 0.2) is 42.6 Å². The van der Waals surface area contributed by atoms with Gasteiger partial charge in [-0.2, -0.15) is 13.2 Å². The van der Waals surface area contributed by atoms with E-state index >= 15 is 0 Å². The summed E-state index contributed by atoms with van der Waals surface area (Å²) in [6.07, 6.45) is -2.95. The Morgan fingerprint density at radius 2 is 1.84 bits per heavy atom. The Morgan fingerprint density at radius 1 is 1.11 bits per heavy atom. The summed E-state index contributed by atoms with van der Waals surface area (Å²) in [5, 5.41) is 0. The van der Waals surface area contributed by atoms with Crippen molar-refractivity contribution in [2.75, 3.05) is 5.73 Å². The van der Waals surface area contributed by atoms with Gasteiger partial charge in [-0.05, 0) is 24.3 Å². The molecule has 0 saturated carbocycles. The minimum atomic E-state index is -4.45. The van der Waals surface area contributed by atoms with E-state index in [2.05, 4.69) is 4.98 Å². The van der Waals surface area contributed by atoms with Crippen molar-refractivity contribution in [3.63, 3.8) is 0 Å². The number of nitrogens with two attached hydrogens (primary N) is 1. The fourth-order valence-electron chi connectivity index (χ4n) is 1.54. The van der Waals surface area contributed by atoms with Gasteiger partial charge in [0.25, 0.3) is 0 Å². The first-order valence-electron chi connectivity index (χ1n) is 5.47. The van der Waals surface area contributed by atoms with Crippen molar-refractivity contribution in [1.29, 1.82) is 0 Å². The van der Waals surface area contributed by atoms with Crippen molar-refractivity contribution in [1.82, 2.24) is 4.98 Å². The summed E-state index contributed by atoms with van der Waals surface area (Å²) in [7, 11) is 0. The minimum absolute atomic E-state index is 0.111. The number of nitrogens with zero attached hydrogens (tertiary/aromatic N) is 1. The van der Waals surface area contributed by atoms with Gasteiger partial charge in [-0.25, -0.2) is 0 Å². The van der Waals surface area contributed by atoms with Gasteiger partial charge in [0.15, 0.2) is 0 Å². The van der Waals surface area contributed by atoms with E-state index in [1.807, 2.05) is 0 Å². The summed E-state index contributed by atoms with van der Waals surface area (Å²) < 4.78 is 43.4. The van der Waals surface area contributed by atoms with E-state index in [1.54, 1.807) is 12.1 Å². The highest BCUT2D eigenvalue weighted by Gasteiger charge is 2.34. The van der Waals surface area contributed by atoms with Gasteiger partial charge >= 0.3 is 6.18 Å². The Kier molecular flexibility index (Phi) is 3.59. The van der Waals surface area contributed by atoms with Crippen molar-refractivity contribution in [2.24, 2.45) is 0 Å². The summed E-state index contributed by atoms with van der Waals surface area (Å²) in [4.78, 5) is 3.95.